The second kappa shape index (κ2) is 12.3. The Balaban J connectivity index is 1.35. The van der Waals surface area contributed by atoms with Gasteiger partial charge in [-0.2, -0.15) is 0 Å². The van der Waals surface area contributed by atoms with Gasteiger partial charge >= 0.3 is 0 Å². The summed E-state index contributed by atoms with van der Waals surface area (Å²) in [6.45, 7) is 3.42. The van der Waals surface area contributed by atoms with Gasteiger partial charge in [-0.15, -0.1) is 0 Å². The Hall–Kier alpha value is -4.22. The SMILES string of the molecule is Cc1c(Oc2ncccc2-c2ccnc(/N=C/C3CCCNC3)n2)ccc(NS(=O)(=O)Cc2ccccc2)c1F. The Morgan fingerprint density at radius 1 is 1.10 bits per heavy atom. The Kier molecular flexibility index (Phi) is 8.42. The van der Waals surface area contributed by atoms with Crippen molar-refractivity contribution in [3.05, 3.63) is 90.0 Å². The molecule has 1 aliphatic heterocycles. The quantitative estimate of drug-likeness (QED) is 0.262. The Labute approximate surface area is 232 Å². The molecule has 1 fully saturated rings. The molecule has 9 nitrogen and oxygen atoms in total. The molecule has 1 aliphatic rings. The number of piperidine rings is 1. The van der Waals surface area contributed by atoms with E-state index < -0.39 is 15.8 Å². The molecule has 1 atom stereocenters. The fourth-order valence-electron chi connectivity index (χ4n) is 4.36. The molecular weight excluding hydrogens is 531 g/mol. The minimum absolute atomic E-state index is 0.130. The Bertz CT molecular complexity index is 1610. The highest BCUT2D eigenvalue weighted by molar-refractivity contribution is 7.91. The first kappa shape index (κ1) is 27.4. The summed E-state index contributed by atoms with van der Waals surface area (Å²) in [5.41, 5.74) is 1.70. The number of rotatable bonds is 9. The number of pyridine rings is 1. The fraction of sp³-hybridized carbons (Fsp3) is 0.241. The van der Waals surface area contributed by atoms with E-state index in [-0.39, 0.29) is 28.6 Å². The molecule has 4 aromatic rings. The van der Waals surface area contributed by atoms with Crippen molar-refractivity contribution in [1.82, 2.24) is 20.3 Å². The van der Waals surface area contributed by atoms with Crippen LogP contribution in [0.3, 0.4) is 0 Å². The lowest BCUT2D eigenvalue weighted by Crippen LogP contribution is -2.30. The number of halogens is 1. The summed E-state index contributed by atoms with van der Waals surface area (Å²) < 4.78 is 48.9. The molecule has 2 N–H and O–H groups in total. The predicted octanol–water partition coefficient (Wildman–Crippen LogP) is 5.42. The predicted molar refractivity (Wildman–Crippen MR) is 153 cm³/mol. The molecule has 2 aromatic carbocycles. The molecule has 40 heavy (non-hydrogen) atoms. The van der Waals surface area contributed by atoms with E-state index >= 15 is 4.39 Å². The van der Waals surface area contributed by atoms with Gasteiger partial charge in [0.2, 0.25) is 21.9 Å². The third-order valence-corrected chi connectivity index (χ3v) is 7.68. The summed E-state index contributed by atoms with van der Waals surface area (Å²) in [5.74, 6) is 0.0643. The molecule has 0 amide bonds. The van der Waals surface area contributed by atoms with Crippen molar-refractivity contribution in [3.8, 4) is 22.9 Å². The Morgan fingerprint density at radius 2 is 1.95 bits per heavy atom. The number of ether oxygens (including phenoxy) is 1. The summed E-state index contributed by atoms with van der Waals surface area (Å²) >= 11 is 0. The van der Waals surface area contributed by atoms with Gasteiger partial charge in [-0.1, -0.05) is 30.3 Å². The number of nitrogens with one attached hydrogen (secondary N) is 2. The van der Waals surface area contributed by atoms with E-state index in [2.05, 4.69) is 30.0 Å². The molecular formula is C29H29FN6O3S. The molecule has 11 heteroatoms. The van der Waals surface area contributed by atoms with E-state index in [1.165, 1.54) is 19.1 Å². The molecule has 0 aliphatic carbocycles. The van der Waals surface area contributed by atoms with Crippen LogP contribution in [0, 0.1) is 18.7 Å². The van der Waals surface area contributed by atoms with Crippen molar-refractivity contribution in [2.24, 2.45) is 10.9 Å². The molecule has 1 saturated heterocycles. The van der Waals surface area contributed by atoms with Crippen molar-refractivity contribution in [2.45, 2.75) is 25.5 Å². The lowest BCUT2D eigenvalue weighted by Gasteiger charge is -2.18. The number of benzene rings is 2. The van der Waals surface area contributed by atoms with E-state index in [1.54, 1.807) is 60.9 Å². The van der Waals surface area contributed by atoms with Crippen LogP contribution in [-0.4, -0.2) is 42.7 Å². The van der Waals surface area contributed by atoms with Gasteiger partial charge in [0.1, 0.15) is 5.75 Å². The van der Waals surface area contributed by atoms with Crippen molar-refractivity contribution < 1.29 is 17.5 Å². The number of aliphatic imine (C=N–C) groups is 1. The number of nitrogens with zero attached hydrogens (tertiary/aromatic N) is 4. The maximum absolute atomic E-state index is 15.3. The number of sulfonamides is 1. The first-order valence-electron chi connectivity index (χ1n) is 12.9. The van der Waals surface area contributed by atoms with E-state index in [4.69, 9.17) is 4.74 Å². The highest BCUT2D eigenvalue weighted by Gasteiger charge is 2.19. The first-order chi connectivity index (χ1) is 19.4. The molecule has 2 aromatic heterocycles. The van der Waals surface area contributed by atoms with Gasteiger partial charge in [0.25, 0.3) is 0 Å². The summed E-state index contributed by atoms with van der Waals surface area (Å²) in [5, 5.41) is 3.35. The zero-order valence-corrected chi connectivity index (χ0v) is 22.7. The number of hydrogen-bond donors (Lipinski definition) is 2. The van der Waals surface area contributed by atoms with Crippen molar-refractivity contribution in [1.29, 1.82) is 0 Å². The molecule has 0 radical (unpaired) electrons. The second-order valence-corrected chi connectivity index (χ2v) is 11.2. The Morgan fingerprint density at radius 3 is 2.75 bits per heavy atom. The summed E-state index contributed by atoms with van der Waals surface area (Å²) in [4.78, 5) is 17.6. The van der Waals surface area contributed by atoms with Crippen LogP contribution in [0.25, 0.3) is 11.3 Å². The van der Waals surface area contributed by atoms with Gasteiger partial charge in [0.15, 0.2) is 5.82 Å². The average Bonchev–Trinajstić information content (AvgIpc) is 2.97. The maximum Gasteiger partial charge on any atom is 0.249 e. The maximum atomic E-state index is 15.3. The zero-order valence-electron chi connectivity index (χ0n) is 21.9. The van der Waals surface area contributed by atoms with Crippen LogP contribution in [0.1, 0.15) is 24.0 Å². The monoisotopic (exact) mass is 560 g/mol. The molecule has 1 unspecified atom stereocenters. The van der Waals surface area contributed by atoms with Crippen LogP contribution in [0.5, 0.6) is 11.6 Å². The molecule has 0 bridgehead atoms. The minimum Gasteiger partial charge on any atom is -0.438 e. The fourth-order valence-corrected chi connectivity index (χ4v) is 5.56. The van der Waals surface area contributed by atoms with Crippen LogP contribution in [0.4, 0.5) is 16.0 Å². The van der Waals surface area contributed by atoms with E-state index in [9.17, 15) is 8.42 Å². The van der Waals surface area contributed by atoms with Crippen LogP contribution in [0.2, 0.25) is 0 Å². The normalized spacial score (nSPS) is 15.7. The van der Waals surface area contributed by atoms with Gasteiger partial charge in [0.05, 0.1) is 22.7 Å². The highest BCUT2D eigenvalue weighted by atomic mass is 32.2. The smallest absolute Gasteiger partial charge is 0.249 e. The topological polar surface area (TPSA) is 118 Å². The van der Waals surface area contributed by atoms with Crippen LogP contribution < -0.4 is 14.8 Å². The largest absolute Gasteiger partial charge is 0.438 e. The van der Waals surface area contributed by atoms with Crippen molar-refractivity contribution >= 4 is 27.9 Å². The van der Waals surface area contributed by atoms with Gasteiger partial charge < -0.3 is 10.1 Å². The lowest BCUT2D eigenvalue weighted by molar-refractivity contribution is 0.455. The van der Waals surface area contributed by atoms with Crippen LogP contribution in [-0.2, 0) is 15.8 Å². The highest BCUT2D eigenvalue weighted by Crippen LogP contribution is 2.35. The number of hydrogen-bond acceptors (Lipinski definition) is 8. The number of anilines is 1. The van der Waals surface area contributed by atoms with E-state index in [0.29, 0.717) is 28.7 Å². The third-order valence-electron chi connectivity index (χ3n) is 6.43. The van der Waals surface area contributed by atoms with E-state index in [0.717, 1.165) is 25.9 Å². The second-order valence-electron chi connectivity index (χ2n) is 9.48. The molecule has 5 rings (SSSR count). The first-order valence-corrected chi connectivity index (χ1v) is 14.6. The van der Waals surface area contributed by atoms with Crippen LogP contribution in [0.15, 0.2) is 78.0 Å². The molecule has 3 heterocycles. The summed E-state index contributed by atoms with van der Waals surface area (Å²) in [7, 11) is -3.83. The van der Waals surface area contributed by atoms with Crippen molar-refractivity contribution in [3.63, 3.8) is 0 Å². The van der Waals surface area contributed by atoms with Gasteiger partial charge in [-0.25, -0.2) is 32.8 Å². The molecule has 206 valence electrons. The zero-order chi connectivity index (χ0) is 28.0. The third kappa shape index (κ3) is 6.85. The van der Waals surface area contributed by atoms with Crippen molar-refractivity contribution in [2.75, 3.05) is 17.8 Å². The van der Waals surface area contributed by atoms with Gasteiger partial charge in [0, 0.05) is 36.6 Å². The standard InChI is InChI=1S/C29H29FN6O3S/c1-20-26(12-11-25(27(20)30)36-40(37,38)19-21-7-3-2-4-8-21)39-28-23(10-6-15-32-28)24-13-16-33-29(35-24)34-18-22-9-5-14-31-17-22/h2-4,6-8,10-13,15-16,18,22,31,36H,5,9,14,17,19H2,1H3/b34-18+. The molecule has 0 spiro atoms. The van der Waals surface area contributed by atoms with Crippen LogP contribution >= 0.6 is 0 Å². The van der Waals surface area contributed by atoms with Gasteiger partial charge in [-0.3, -0.25) is 4.72 Å². The lowest BCUT2D eigenvalue weighted by atomic mass is 10.0. The summed E-state index contributed by atoms with van der Waals surface area (Å²) in [6, 6.07) is 16.8. The minimum atomic E-state index is -3.83. The van der Waals surface area contributed by atoms with E-state index in [1.807, 2.05) is 6.21 Å². The van der Waals surface area contributed by atoms with Gasteiger partial charge in [-0.05, 0) is 62.2 Å². The summed E-state index contributed by atoms with van der Waals surface area (Å²) in [6.07, 6.45) is 7.24. The molecule has 0 saturated carbocycles. The number of aromatic nitrogens is 3. The average molecular weight is 561 g/mol.